The quantitative estimate of drug-likeness (QED) is 0.382. The van der Waals surface area contributed by atoms with Gasteiger partial charge in [-0.15, -0.1) is 0 Å². The van der Waals surface area contributed by atoms with Gasteiger partial charge in [0.2, 0.25) is 0 Å². The van der Waals surface area contributed by atoms with Crippen LogP contribution in [0.1, 0.15) is 28.5 Å². The zero-order chi connectivity index (χ0) is 18.1. The van der Waals surface area contributed by atoms with E-state index in [0.29, 0.717) is 0 Å². The third kappa shape index (κ3) is 2.68. The van der Waals surface area contributed by atoms with Gasteiger partial charge in [-0.05, 0) is 16.7 Å². The number of hydrogen-bond donors (Lipinski definition) is 0. The van der Waals surface area contributed by atoms with Gasteiger partial charge in [-0.1, -0.05) is 91.0 Å². The van der Waals surface area contributed by atoms with Gasteiger partial charge in [-0.2, -0.15) is 0 Å². The number of ether oxygens (including phenoxy) is 1. The van der Waals surface area contributed by atoms with E-state index in [0.717, 1.165) is 12.3 Å². The van der Waals surface area contributed by atoms with Crippen molar-refractivity contribution in [3.8, 4) is 0 Å². The molecule has 3 heteroatoms. The molecular formula is C24H20N2O. The Morgan fingerprint density at radius 1 is 0.741 bits per heavy atom. The first-order valence-corrected chi connectivity index (χ1v) is 9.21. The van der Waals surface area contributed by atoms with Crippen LogP contribution in [0.25, 0.3) is 0 Å². The molecule has 1 aliphatic rings. The average molecular weight is 352 g/mol. The Labute approximate surface area is 158 Å². The van der Waals surface area contributed by atoms with Crippen LogP contribution in [0.4, 0.5) is 0 Å². The number of imidazole rings is 1. The van der Waals surface area contributed by atoms with E-state index in [1.54, 1.807) is 0 Å². The lowest BCUT2D eigenvalue weighted by atomic mass is 9.77. The topological polar surface area (TPSA) is 30.4 Å². The summed E-state index contributed by atoms with van der Waals surface area (Å²) >= 11 is 0. The molecule has 1 atom stereocenters. The van der Waals surface area contributed by atoms with Crippen molar-refractivity contribution in [1.82, 2.24) is 9.55 Å². The van der Waals surface area contributed by atoms with E-state index < -0.39 is 5.54 Å². The Balaban J connectivity index is 1.84. The minimum Gasteiger partial charge on any atom is -0.366 e. The summed E-state index contributed by atoms with van der Waals surface area (Å²) in [5.74, 6) is 0. The number of hydrogen-bond acceptors (Lipinski definition) is 2. The Bertz CT molecular complexity index is 925. The number of nitrogens with zero attached hydrogens (tertiary/aromatic N) is 2. The SMILES string of the molecule is c1ccc(C(c2ccccc2)(c2ccccc2)n2cnc([C@H]3CO3)c2)cc1. The fraction of sp³-hybridized carbons (Fsp3) is 0.125. The second kappa shape index (κ2) is 6.53. The third-order valence-corrected chi connectivity index (χ3v) is 5.23. The predicted molar refractivity (Wildman–Crippen MR) is 106 cm³/mol. The van der Waals surface area contributed by atoms with Gasteiger partial charge in [0.1, 0.15) is 11.6 Å². The summed E-state index contributed by atoms with van der Waals surface area (Å²) in [5.41, 5.74) is 4.08. The Hall–Kier alpha value is -3.17. The fourth-order valence-corrected chi connectivity index (χ4v) is 3.89. The third-order valence-electron chi connectivity index (χ3n) is 5.23. The first-order valence-electron chi connectivity index (χ1n) is 9.21. The minimum atomic E-state index is -0.496. The smallest absolute Gasteiger partial charge is 0.124 e. The lowest BCUT2D eigenvalue weighted by Crippen LogP contribution is -2.36. The molecule has 132 valence electrons. The summed E-state index contributed by atoms with van der Waals surface area (Å²) in [6, 6.07) is 31.9. The normalized spacial score (nSPS) is 16.2. The van der Waals surface area contributed by atoms with E-state index in [-0.39, 0.29) is 6.10 Å². The number of epoxide rings is 1. The molecular weight excluding hydrogens is 332 g/mol. The van der Waals surface area contributed by atoms with Crippen molar-refractivity contribution < 1.29 is 4.74 Å². The first kappa shape index (κ1) is 16.0. The molecule has 0 unspecified atom stereocenters. The van der Waals surface area contributed by atoms with Crippen LogP contribution in [0.5, 0.6) is 0 Å². The molecule has 0 saturated carbocycles. The molecule has 0 bridgehead atoms. The molecule has 1 saturated heterocycles. The van der Waals surface area contributed by atoms with Crippen molar-refractivity contribution in [2.75, 3.05) is 6.61 Å². The van der Waals surface area contributed by atoms with Gasteiger partial charge in [0.25, 0.3) is 0 Å². The molecule has 0 amide bonds. The standard InChI is InChI=1S/C24H20N2O/c1-4-10-19(11-5-1)24(20-12-6-2-7-13-20,21-14-8-3-9-15-21)26-16-22(25-18-26)23-17-27-23/h1-16,18,23H,17H2/t23-/m1/s1. The summed E-state index contributed by atoms with van der Waals surface area (Å²) in [6.07, 6.45) is 4.19. The van der Waals surface area contributed by atoms with E-state index in [9.17, 15) is 0 Å². The maximum atomic E-state index is 5.46. The van der Waals surface area contributed by atoms with Crippen molar-refractivity contribution >= 4 is 0 Å². The second-order valence-corrected chi connectivity index (χ2v) is 6.84. The maximum absolute atomic E-state index is 5.46. The highest BCUT2D eigenvalue weighted by atomic mass is 16.6. The van der Waals surface area contributed by atoms with E-state index in [1.165, 1.54) is 16.7 Å². The van der Waals surface area contributed by atoms with Crippen LogP contribution in [0, 0.1) is 0 Å². The zero-order valence-electron chi connectivity index (χ0n) is 14.9. The molecule has 0 aliphatic carbocycles. The molecule has 3 aromatic carbocycles. The van der Waals surface area contributed by atoms with E-state index in [2.05, 4.69) is 107 Å². The van der Waals surface area contributed by atoms with Crippen LogP contribution in [-0.4, -0.2) is 16.2 Å². The van der Waals surface area contributed by atoms with Crippen LogP contribution in [0.3, 0.4) is 0 Å². The summed E-state index contributed by atoms with van der Waals surface area (Å²) < 4.78 is 7.69. The van der Waals surface area contributed by atoms with Crippen molar-refractivity contribution in [3.05, 3.63) is 126 Å². The molecule has 1 aromatic heterocycles. The monoisotopic (exact) mass is 352 g/mol. The van der Waals surface area contributed by atoms with Crippen LogP contribution in [0.2, 0.25) is 0 Å². The molecule has 0 spiro atoms. The zero-order valence-corrected chi connectivity index (χ0v) is 14.9. The molecule has 1 aliphatic heterocycles. The van der Waals surface area contributed by atoms with Gasteiger partial charge in [-0.3, -0.25) is 0 Å². The summed E-state index contributed by atoms with van der Waals surface area (Å²) in [6.45, 7) is 0.756. The van der Waals surface area contributed by atoms with Crippen LogP contribution in [0.15, 0.2) is 104 Å². The van der Waals surface area contributed by atoms with Crippen molar-refractivity contribution in [3.63, 3.8) is 0 Å². The van der Waals surface area contributed by atoms with Gasteiger partial charge in [0.15, 0.2) is 0 Å². The second-order valence-electron chi connectivity index (χ2n) is 6.84. The molecule has 4 aromatic rings. The molecule has 3 nitrogen and oxygen atoms in total. The van der Waals surface area contributed by atoms with E-state index >= 15 is 0 Å². The van der Waals surface area contributed by atoms with E-state index in [1.807, 2.05) is 6.33 Å². The number of aromatic nitrogens is 2. The summed E-state index contributed by atoms with van der Waals surface area (Å²) in [4.78, 5) is 4.66. The molecule has 27 heavy (non-hydrogen) atoms. The van der Waals surface area contributed by atoms with Gasteiger partial charge in [-0.25, -0.2) is 4.98 Å². The molecule has 0 radical (unpaired) electrons. The van der Waals surface area contributed by atoms with Crippen molar-refractivity contribution in [2.45, 2.75) is 11.6 Å². The highest BCUT2D eigenvalue weighted by molar-refractivity contribution is 5.50. The predicted octanol–water partition coefficient (Wildman–Crippen LogP) is 4.79. The molecule has 0 N–H and O–H groups in total. The summed E-state index contributed by atoms with van der Waals surface area (Å²) in [5, 5.41) is 0. The van der Waals surface area contributed by atoms with Crippen molar-refractivity contribution in [1.29, 1.82) is 0 Å². The van der Waals surface area contributed by atoms with Crippen LogP contribution in [-0.2, 0) is 10.3 Å². The molecule has 5 rings (SSSR count). The van der Waals surface area contributed by atoms with Crippen LogP contribution < -0.4 is 0 Å². The fourth-order valence-electron chi connectivity index (χ4n) is 3.89. The van der Waals surface area contributed by atoms with E-state index in [4.69, 9.17) is 4.74 Å². The van der Waals surface area contributed by atoms with Gasteiger partial charge in [0, 0.05) is 6.20 Å². The average Bonchev–Trinajstić information content (AvgIpc) is 3.49. The lowest BCUT2D eigenvalue weighted by Gasteiger charge is -2.37. The Kier molecular flexibility index (Phi) is 3.88. The van der Waals surface area contributed by atoms with Gasteiger partial charge in [0.05, 0.1) is 18.6 Å². The van der Waals surface area contributed by atoms with Crippen LogP contribution >= 0.6 is 0 Å². The first-order chi connectivity index (χ1) is 13.4. The molecule has 1 fully saturated rings. The Morgan fingerprint density at radius 3 is 1.59 bits per heavy atom. The van der Waals surface area contributed by atoms with Gasteiger partial charge < -0.3 is 9.30 Å². The maximum Gasteiger partial charge on any atom is 0.124 e. The summed E-state index contributed by atoms with van der Waals surface area (Å²) in [7, 11) is 0. The minimum absolute atomic E-state index is 0.131. The number of rotatable bonds is 5. The highest BCUT2D eigenvalue weighted by Crippen LogP contribution is 2.41. The highest BCUT2D eigenvalue weighted by Gasteiger charge is 2.39. The lowest BCUT2D eigenvalue weighted by molar-refractivity contribution is 0.411. The van der Waals surface area contributed by atoms with Crippen molar-refractivity contribution in [2.24, 2.45) is 0 Å². The number of benzene rings is 3. The van der Waals surface area contributed by atoms with Gasteiger partial charge >= 0.3 is 0 Å². The Morgan fingerprint density at radius 2 is 1.19 bits per heavy atom. The molecule has 2 heterocycles. The largest absolute Gasteiger partial charge is 0.366 e.